The third-order valence-electron chi connectivity index (χ3n) is 6.10. The van der Waals surface area contributed by atoms with Crippen LogP contribution in [0.1, 0.15) is 48.9 Å². The average molecular weight is 269 g/mol. The van der Waals surface area contributed by atoms with Crippen LogP contribution in [0.15, 0.2) is 24.3 Å². The van der Waals surface area contributed by atoms with E-state index in [0.29, 0.717) is 11.6 Å². The summed E-state index contributed by atoms with van der Waals surface area (Å²) < 4.78 is 0. The molecule has 106 valence electrons. The average Bonchev–Trinajstić information content (AvgIpc) is 2.42. The minimum atomic E-state index is 0.264. The Morgan fingerprint density at radius 1 is 1.00 bits per heavy atom. The third kappa shape index (κ3) is 1.97. The van der Waals surface area contributed by atoms with Gasteiger partial charge in [-0.05, 0) is 73.8 Å². The summed E-state index contributed by atoms with van der Waals surface area (Å²) in [5.74, 6) is 4.49. The zero-order valence-electron chi connectivity index (χ0n) is 11.9. The summed E-state index contributed by atoms with van der Waals surface area (Å²) in [5, 5.41) is 0. The van der Waals surface area contributed by atoms with E-state index in [4.69, 9.17) is 5.73 Å². The molecule has 4 bridgehead atoms. The Bertz CT molecular complexity index is 508. The number of hydrogen-bond donors (Lipinski definition) is 1. The predicted octanol–water partition coefficient (Wildman–Crippen LogP) is 3.91. The maximum absolute atomic E-state index is 12.6. The largest absolute Gasteiger partial charge is 0.398 e. The molecule has 4 aliphatic rings. The fourth-order valence-corrected chi connectivity index (χ4v) is 5.45. The number of nitrogens with two attached hydrogens (primary N) is 1. The lowest BCUT2D eigenvalue weighted by Gasteiger charge is -2.54. The van der Waals surface area contributed by atoms with Crippen molar-refractivity contribution in [1.82, 2.24) is 0 Å². The third-order valence-corrected chi connectivity index (χ3v) is 6.10. The molecule has 4 saturated carbocycles. The Balaban J connectivity index is 1.52. The number of carbonyl (C=O) groups is 1. The quantitative estimate of drug-likeness (QED) is 0.667. The molecule has 4 aliphatic carbocycles. The fourth-order valence-electron chi connectivity index (χ4n) is 5.45. The highest BCUT2D eigenvalue weighted by molar-refractivity contribution is 6.00. The van der Waals surface area contributed by atoms with Crippen LogP contribution in [0.5, 0.6) is 0 Å². The van der Waals surface area contributed by atoms with Gasteiger partial charge in [-0.3, -0.25) is 4.79 Å². The molecule has 1 aromatic rings. The second-order valence-corrected chi connectivity index (χ2v) is 7.31. The number of hydrogen-bond acceptors (Lipinski definition) is 2. The summed E-state index contributed by atoms with van der Waals surface area (Å²) in [6.45, 7) is 0. The second-order valence-electron chi connectivity index (χ2n) is 7.31. The van der Waals surface area contributed by atoms with Crippen molar-refractivity contribution in [2.24, 2.45) is 29.6 Å². The van der Waals surface area contributed by atoms with Crippen LogP contribution >= 0.6 is 0 Å². The molecule has 5 rings (SSSR count). The van der Waals surface area contributed by atoms with Crippen LogP contribution in [0.25, 0.3) is 0 Å². The van der Waals surface area contributed by atoms with Gasteiger partial charge in [0.25, 0.3) is 0 Å². The molecule has 2 heteroatoms. The van der Waals surface area contributed by atoms with Crippen LogP contribution in [0, 0.1) is 29.6 Å². The SMILES string of the molecule is Nc1ccccc1C(=O)CC1C2CC3CC(C2)CC1C3. The summed E-state index contributed by atoms with van der Waals surface area (Å²) in [5.41, 5.74) is 7.33. The maximum atomic E-state index is 12.6. The molecule has 0 unspecified atom stereocenters. The van der Waals surface area contributed by atoms with E-state index >= 15 is 0 Å². The monoisotopic (exact) mass is 269 g/mol. The van der Waals surface area contributed by atoms with E-state index in [9.17, 15) is 4.79 Å². The van der Waals surface area contributed by atoms with E-state index in [-0.39, 0.29) is 5.78 Å². The lowest BCUT2D eigenvalue weighted by Crippen LogP contribution is -2.45. The fraction of sp³-hybridized carbons (Fsp3) is 0.611. The molecule has 20 heavy (non-hydrogen) atoms. The zero-order chi connectivity index (χ0) is 13.7. The summed E-state index contributed by atoms with van der Waals surface area (Å²) >= 11 is 0. The molecule has 2 N–H and O–H groups in total. The molecular weight excluding hydrogens is 246 g/mol. The van der Waals surface area contributed by atoms with Gasteiger partial charge in [-0.25, -0.2) is 0 Å². The maximum Gasteiger partial charge on any atom is 0.165 e. The van der Waals surface area contributed by atoms with Gasteiger partial charge in [-0.15, -0.1) is 0 Å². The molecule has 1 aromatic carbocycles. The highest BCUT2D eigenvalue weighted by Gasteiger charge is 2.48. The predicted molar refractivity (Wildman–Crippen MR) is 80.3 cm³/mol. The Hall–Kier alpha value is -1.31. The summed E-state index contributed by atoms with van der Waals surface area (Å²) in [7, 11) is 0. The first-order valence-corrected chi connectivity index (χ1v) is 8.08. The van der Waals surface area contributed by atoms with Crippen molar-refractivity contribution in [3.63, 3.8) is 0 Å². The van der Waals surface area contributed by atoms with Crippen molar-refractivity contribution in [2.45, 2.75) is 38.5 Å². The Labute approximate surface area is 120 Å². The van der Waals surface area contributed by atoms with Gasteiger partial charge >= 0.3 is 0 Å². The molecule has 0 aromatic heterocycles. The van der Waals surface area contributed by atoms with Crippen molar-refractivity contribution < 1.29 is 4.79 Å². The van der Waals surface area contributed by atoms with Crippen LogP contribution in [-0.4, -0.2) is 5.78 Å². The molecule has 0 radical (unpaired) electrons. The van der Waals surface area contributed by atoms with Crippen LogP contribution in [0.2, 0.25) is 0 Å². The van der Waals surface area contributed by atoms with Gasteiger partial charge in [0.2, 0.25) is 0 Å². The second kappa shape index (κ2) is 4.61. The smallest absolute Gasteiger partial charge is 0.165 e. The van der Waals surface area contributed by atoms with Crippen molar-refractivity contribution in [3.05, 3.63) is 29.8 Å². The first-order chi connectivity index (χ1) is 9.70. The van der Waals surface area contributed by atoms with Crippen LogP contribution < -0.4 is 5.73 Å². The number of Topliss-reactive ketones (excluding diaryl/α,β-unsaturated/α-hetero) is 1. The molecule has 0 spiro atoms. The van der Waals surface area contributed by atoms with E-state index in [1.165, 1.54) is 32.1 Å². The molecule has 0 saturated heterocycles. The number of benzene rings is 1. The Kier molecular flexibility index (Phi) is 2.87. The molecule has 0 heterocycles. The topological polar surface area (TPSA) is 43.1 Å². The van der Waals surface area contributed by atoms with Gasteiger partial charge in [-0.2, -0.15) is 0 Å². The number of rotatable bonds is 3. The van der Waals surface area contributed by atoms with Crippen LogP contribution in [0.4, 0.5) is 5.69 Å². The van der Waals surface area contributed by atoms with Gasteiger partial charge in [0.05, 0.1) is 0 Å². The van der Waals surface area contributed by atoms with Crippen molar-refractivity contribution in [2.75, 3.05) is 5.73 Å². The standard InChI is InChI=1S/C18H23NO/c19-17-4-2-1-3-15(17)18(20)10-16-13-6-11-5-12(8-13)9-14(16)7-11/h1-4,11-14,16H,5-10,19H2. The van der Waals surface area contributed by atoms with E-state index in [2.05, 4.69) is 0 Å². The van der Waals surface area contributed by atoms with Gasteiger partial charge in [0.15, 0.2) is 5.78 Å². The normalized spacial score (nSPS) is 38.1. The molecule has 4 fully saturated rings. The molecule has 0 aliphatic heterocycles. The van der Waals surface area contributed by atoms with Crippen molar-refractivity contribution in [1.29, 1.82) is 0 Å². The summed E-state index contributed by atoms with van der Waals surface area (Å²) in [4.78, 5) is 12.6. The molecular formula is C18H23NO. The minimum Gasteiger partial charge on any atom is -0.398 e. The van der Waals surface area contributed by atoms with Gasteiger partial charge in [-0.1, -0.05) is 12.1 Å². The molecule has 0 atom stereocenters. The van der Waals surface area contributed by atoms with E-state index < -0.39 is 0 Å². The zero-order valence-corrected chi connectivity index (χ0v) is 11.9. The number of ketones is 1. The molecule has 2 nitrogen and oxygen atoms in total. The summed E-state index contributed by atoms with van der Waals surface area (Å²) in [6, 6.07) is 7.54. The first-order valence-electron chi connectivity index (χ1n) is 8.08. The van der Waals surface area contributed by atoms with Crippen LogP contribution in [-0.2, 0) is 0 Å². The number of anilines is 1. The lowest BCUT2D eigenvalue weighted by atomic mass is 9.51. The number of para-hydroxylation sites is 1. The highest BCUT2D eigenvalue weighted by atomic mass is 16.1. The Morgan fingerprint density at radius 3 is 2.20 bits per heavy atom. The van der Waals surface area contributed by atoms with Gasteiger partial charge in [0.1, 0.15) is 0 Å². The van der Waals surface area contributed by atoms with Crippen molar-refractivity contribution in [3.8, 4) is 0 Å². The number of nitrogen functional groups attached to an aromatic ring is 1. The van der Waals surface area contributed by atoms with E-state index in [0.717, 1.165) is 35.7 Å². The first kappa shape index (κ1) is 12.4. The number of carbonyl (C=O) groups excluding carboxylic acids is 1. The summed E-state index contributed by atoms with van der Waals surface area (Å²) in [6.07, 6.45) is 7.73. The highest BCUT2D eigenvalue weighted by Crippen LogP contribution is 2.57. The Morgan fingerprint density at radius 2 is 1.60 bits per heavy atom. The van der Waals surface area contributed by atoms with Gasteiger partial charge in [0, 0.05) is 17.7 Å². The van der Waals surface area contributed by atoms with Crippen molar-refractivity contribution >= 4 is 11.5 Å². The van der Waals surface area contributed by atoms with E-state index in [1.807, 2.05) is 24.3 Å². The van der Waals surface area contributed by atoms with Crippen LogP contribution in [0.3, 0.4) is 0 Å². The lowest BCUT2D eigenvalue weighted by molar-refractivity contribution is -0.0366. The van der Waals surface area contributed by atoms with E-state index in [1.54, 1.807) is 0 Å². The molecule has 0 amide bonds. The minimum absolute atomic E-state index is 0.264. The van der Waals surface area contributed by atoms with Gasteiger partial charge < -0.3 is 5.73 Å².